The van der Waals surface area contributed by atoms with Crippen molar-refractivity contribution in [3.05, 3.63) is 0 Å². The van der Waals surface area contributed by atoms with E-state index >= 15 is 0 Å². The maximum atomic E-state index is 11.9. The zero-order chi connectivity index (χ0) is 9.57. The van der Waals surface area contributed by atoms with Crippen molar-refractivity contribution in [1.82, 2.24) is 4.31 Å². The highest BCUT2D eigenvalue weighted by molar-refractivity contribution is 7.90. The Morgan fingerprint density at radius 3 is 2.00 bits per heavy atom. The van der Waals surface area contributed by atoms with Crippen molar-refractivity contribution >= 4 is 11.4 Å². The minimum atomic E-state index is -0.856. The fraction of sp³-hybridized carbons (Fsp3) is 1.00. The fourth-order valence-corrected chi connectivity index (χ4v) is 2.51. The molecule has 1 fully saturated rings. The normalized spacial score (nSPS) is 24.2. The molecule has 1 rings (SSSR count). The van der Waals surface area contributed by atoms with Crippen LogP contribution in [0, 0.1) is 0 Å². The van der Waals surface area contributed by atoms with E-state index in [-0.39, 0.29) is 10.3 Å². The highest BCUT2D eigenvalue weighted by Crippen LogP contribution is 2.43. The summed E-state index contributed by atoms with van der Waals surface area (Å²) in [4.78, 5) is 0. The molecule has 0 saturated heterocycles. The number of nitrogens with zero attached hydrogens (tertiary/aromatic N) is 1. The predicted molar refractivity (Wildman–Crippen MR) is 53.3 cm³/mol. The Balaban J connectivity index is 2.58. The Kier molecular flexibility index (Phi) is 2.50. The van der Waals surface area contributed by atoms with Gasteiger partial charge in [0.15, 0.2) is 0 Å². The van der Waals surface area contributed by atoms with E-state index in [0.29, 0.717) is 0 Å². The topological polar surface area (TPSA) is 26.3 Å². The van der Waals surface area contributed by atoms with Crippen LogP contribution < -0.4 is 0 Å². The zero-order valence-corrected chi connectivity index (χ0v) is 9.49. The minimum Gasteiger partial charge on any atom is -0.597 e. The van der Waals surface area contributed by atoms with E-state index in [9.17, 15) is 4.55 Å². The average molecular weight is 189 g/mol. The van der Waals surface area contributed by atoms with Crippen LogP contribution in [0.15, 0.2) is 0 Å². The van der Waals surface area contributed by atoms with E-state index in [2.05, 4.69) is 6.92 Å². The second-order valence-corrected chi connectivity index (χ2v) is 7.13. The SMILES string of the molecule is CN([S+]([O-])C(C)(C)C)C1(C)CC1. The Morgan fingerprint density at radius 1 is 1.33 bits per heavy atom. The van der Waals surface area contributed by atoms with E-state index in [1.54, 1.807) is 0 Å². The largest absolute Gasteiger partial charge is 0.597 e. The van der Waals surface area contributed by atoms with Crippen molar-refractivity contribution in [2.45, 2.75) is 50.8 Å². The van der Waals surface area contributed by atoms with Crippen LogP contribution in [-0.4, -0.2) is 26.2 Å². The van der Waals surface area contributed by atoms with Crippen LogP contribution in [0.5, 0.6) is 0 Å². The quantitative estimate of drug-likeness (QED) is 0.620. The van der Waals surface area contributed by atoms with Gasteiger partial charge in [0.25, 0.3) is 0 Å². The lowest BCUT2D eigenvalue weighted by Crippen LogP contribution is -2.46. The maximum absolute atomic E-state index is 11.9. The van der Waals surface area contributed by atoms with Gasteiger partial charge in [-0.05, 0) is 40.5 Å². The van der Waals surface area contributed by atoms with Gasteiger partial charge in [0.2, 0.25) is 0 Å². The zero-order valence-electron chi connectivity index (χ0n) is 8.68. The summed E-state index contributed by atoms with van der Waals surface area (Å²) < 4.78 is 13.8. The summed E-state index contributed by atoms with van der Waals surface area (Å²) in [5, 5.41) is 0. The molecule has 0 amide bonds. The molecular weight excluding hydrogens is 170 g/mol. The summed E-state index contributed by atoms with van der Waals surface area (Å²) in [6.07, 6.45) is 2.37. The van der Waals surface area contributed by atoms with Gasteiger partial charge in [-0.15, -0.1) is 4.31 Å². The fourth-order valence-electron chi connectivity index (χ4n) is 1.11. The molecule has 1 unspecified atom stereocenters. The predicted octanol–water partition coefficient (Wildman–Crippen LogP) is 1.93. The van der Waals surface area contributed by atoms with E-state index in [4.69, 9.17) is 0 Å². The van der Waals surface area contributed by atoms with E-state index in [1.807, 2.05) is 32.1 Å². The lowest BCUT2D eigenvalue weighted by Gasteiger charge is -2.33. The van der Waals surface area contributed by atoms with Crippen LogP contribution >= 0.6 is 0 Å². The van der Waals surface area contributed by atoms with Crippen LogP contribution in [0.25, 0.3) is 0 Å². The van der Waals surface area contributed by atoms with Crippen molar-refractivity contribution in [1.29, 1.82) is 0 Å². The molecule has 0 spiro atoms. The third-order valence-corrected chi connectivity index (χ3v) is 4.49. The third-order valence-electron chi connectivity index (χ3n) is 2.51. The molecule has 1 aliphatic rings. The van der Waals surface area contributed by atoms with E-state index in [1.165, 1.54) is 12.8 Å². The summed E-state index contributed by atoms with van der Waals surface area (Å²) in [6.45, 7) is 8.23. The molecule has 1 aliphatic carbocycles. The molecule has 0 aliphatic heterocycles. The second-order valence-electron chi connectivity index (χ2n) is 4.86. The lowest BCUT2D eigenvalue weighted by atomic mass is 10.3. The summed E-state index contributed by atoms with van der Waals surface area (Å²) in [7, 11) is 1.97. The Bertz CT molecular complexity index is 163. The van der Waals surface area contributed by atoms with Crippen LogP contribution in [0.4, 0.5) is 0 Å². The van der Waals surface area contributed by atoms with Gasteiger partial charge in [0.1, 0.15) is 4.75 Å². The molecule has 0 heterocycles. The molecular formula is C9H19NOS. The van der Waals surface area contributed by atoms with E-state index in [0.717, 1.165) is 0 Å². The third kappa shape index (κ3) is 1.95. The van der Waals surface area contributed by atoms with Crippen molar-refractivity contribution in [3.63, 3.8) is 0 Å². The molecule has 0 bridgehead atoms. The first kappa shape index (κ1) is 10.4. The molecule has 72 valence electrons. The molecule has 3 heteroatoms. The first-order valence-corrected chi connectivity index (χ1v) is 5.54. The number of hydrogen-bond acceptors (Lipinski definition) is 2. The first-order valence-electron chi connectivity index (χ1n) is 4.43. The summed E-state index contributed by atoms with van der Waals surface area (Å²) in [5.41, 5.74) is 0.220. The Hall–Kier alpha value is 0.270. The smallest absolute Gasteiger partial charge is 0.137 e. The summed E-state index contributed by atoms with van der Waals surface area (Å²) in [5.74, 6) is 0. The molecule has 1 atom stereocenters. The molecule has 0 aromatic heterocycles. The van der Waals surface area contributed by atoms with Gasteiger partial charge in [0.05, 0.1) is 5.54 Å². The summed E-state index contributed by atoms with van der Waals surface area (Å²) >= 11 is -0.856. The molecule has 2 nitrogen and oxygen atoms in total. The van der Waals surface area contributed by atoms with Crippen molar-refractivity contribution in [2.24, 2.45) is 0 Å². The highest BCUT2D eigenvalue weighted by atomic mass is 32.2. The van der Waals surface area contributed by atoms with Gasteiger partial charge in [-0.1, -0.05) is 0 Å². The maximum Gasteiger partial charge on any atom is 0.137 e. The molecule has 1 saturated carbocycles. The van der Waals surface area contributed by atoms with Gasteiger partial charge >= 0.3 is 0 Å². The number of hydrogen-bond donors (Lipinski definition) is 0. The molecule has 0 aromatic carbocycles. The van der Waals surface area contributed by atoms with Crippen LogP contribution in [0.3, 0.4) is 0 Å². The van der Waals surface area contributed by atoms with Gasteiger partial charge in [0, 0.05) is 18.4 Å². The van der Waals surface area contributed by atoms with Crippen LogP contribution in [-0.2, 0) is 11.4 Å². The minimum absolute atomic E-state index is 0.125. The van der Waals surface area contributed by atoms with Crippen molar-refractivity contribution in [3.8, 4) is 0 Å². The molecule has 0 radical (unpaired) electrons. The highest BCUT2D eigenvalue weighted by Gasteiger charge is 2.49. The molecule has 0 N–H and O–H groups in total. The second kappa shape index (κ2) is 2.89. The van der Waals surface area contributed by atoms with Crippen molar-refractivity contribution in [2.75, 3.05) is 7.05 Å². The van der Waals surface area contributed by atoms with Crippen LogP contribution in [0.1, 0.15) is 40.5 Å². The molecule has 12 heavy (non-hydrogen) atoms. The summed E-state index contributed by atoms with van der Waals surface area (Å²) in [6, 6.07) is 0. The van der Waals surface area contributed by atoms with Gasteiger partial charge in [-0.2, -0.15) is 0 Å². The number of rotatable bonds is 2. The monoisotopic (exact) mass is 189 g/mol. The van der Waals surface area contributed by atoms with E-state index < -0.39 is 11.4 Å². The Morgan fingerprint density at radius 2 is 1.75 bits per heavy atom. The van der Waals surface area contributed by atoms with Crippen molar-refractivity contribution < 1.29 is 4.55 Å². The standard InChI is InChI=1S/C9H19NOS/c1-8(2,3)12(11)10(5)9(4)6-7-9/h6-7H2,1-5H3. The first-order chi connectivity index (χ1) is 5.27. The van der Waals surface area contributed by atoms with Crippen LogP contribution in [0.2, 0.25) is 0 Å². The molecule has 0 aromatic rings. The lowest BCUT2D eigenvalue weighted by molar-refractivity contribution is 0.359. The van der Waals surface area contributed by atoms with Gasteiger partial charge in [-0.3, -0.25) is 0 Å². The Labute approximate surface area is 78.6 Å². The van der Waals surface area contributed by atoms with Gasteiger partial charge < -0.3 is 4.55 Å². The average Bonchev–Trinajstić information content (AvgIpc) is 2.64. The van der Waals surface area contributed by atoms with Gasteiger partial charge in [-0.25, -0.2) is 0 Å².